The van der Waals surface area contributed by atoms with Gasteiger partial charge in [0, 0.05) is 18.9 Å². The van der Waals surface area contributed by atoms with Crippen molar-refractivity contribution in [3.05, 3.63) is 53.5 Å². The lowest BCUT2D eigenvalue weighted by Gasteiger charge is -2.34. The molecule has 0 saturated heterocycles. The summed E-state index contributed by atoms with van der Waals surface area (Å²) in [6.45, 7) is 4.32. The number of nitrogens with two attached hydrogens (primary N) is 1. The minimum absolute atomic E-state index is 0. The molecule has 30 heavy (non-hydrogen) atoms. The van der Waals surface area contributed by atoms with E-state index in [0.29, 0.717) is 17.6 Å². The van der Waals surface area contributed by atoms with Gasteiger partial charge in [0.15, 0.2) is 5.82 Å². The fraction of sp³-hybridized carbons (Fsp3) is 0.333. The Bertz CT molecular complexity index is 996. The van der Waals surface area contributed by atoms with Crippen molar-refractivity contribution in [1.29, 1.82) is 0 Å². The second-order valence-electron chi connectivity index (χ2n) is 7.13. The molecule has 2 amide bonds. The predicted molar refractivity (Wildman–Crippen MR) is 116 cm³/mol. The van der Waals surface area contributed by atoms with Gasteiger partial charge in [0.2, 0.25) is 11.9 Å². The molecule has 3 N–H and O–H groups in total. The molecule has 156 valence electrons. The van der Waals surface area contributed by atoms with E-state index in [1.54, 1.807) is 12.1 Å². The van der Waals surface area contributed by atoms with Gasteiger partial charge in [-0.2, -0.15) is 4.99 Å². The Kier molecular flexibility index (Phi) is 6.19. The van der Waals surface area contributed by atoms with Crippen LogP contribution in [0.25, 0.3) is 0 Å². The maximum atomic E-state index is 12.9. The van der Waals surface area contributed by atoms with Gasteiger partial charge in [0.05, 0.1) is 6.20 Å². The number of carbonyl (C=O) groups excluding carboxylic acids is 2. The first-order valence-electron chi connectivity index (χ1n) is 9.81. The van der Waals surface area contributed by atoms with Crippen molar-refractivity contribution in [2.75, 3.05) is 13.1 Å². The van der Waals surface area contributed by atoms with Crippen LogP contribution in [0.1, 0.15) is 44.0 Å². The van der Waals surface area contributed by atoms with Crippen LogP contribution in [0.3, 0.4) is 0 Å². The third-order valence-corrected chi connectivity index (χ3v) is 5.03. The van der Waals surface area contributed by atoms with E-state index in [2.05, 4.69) is 15.3 Å². The van der Waals surface area contributed by atoms with Crippen molar-refractivity contribution in [2.24, 2.45) is 10.7 Å². The number of hydrogen-bond acceptors (Lipinski definition) is 4. The molecule has 1 saturated carbocycles. The zero-order chi connectivity index (χ0) is 21.9. The summed E-state index contributed by atoms with van der Waals surface area (Å²) in [7, 11) is 5.88. The molecule has 1 aromatic heterocycles. The van der Waals surface area contributed by atoms with Crippen LogP contribution in [-0.2, 0) is 10.2 Å². The average molecular weight is 409 g/mol. The molecule has 2 heterocycles. The number of nitrogens with one attached hydrogen (secondary N) is 1. The topological polar surface area (TPSA) is 101 Å². The minimum atomic E-state index is -0.499. The van der Waals surface area contributed by atoms with E-state index in [0.717, 1.165) is 24.6 Å². The number of carbonyl (C=O) groups is 2. The SMILES string of the molecule is CC.[B]c1ccc2c(c1)C1(CC1)CN(CC(=O)NC(N)=Nc1ccc(F)cn1)C2=O.[HH]. The summed E-state index contributed by atoms with van der Waals surface area (Å²) in [6.07, 6.45) is 2.91. The van der Waals surface area contributed by atoms with E-state index in [-0.39, 0.29) is 31.1 Å². The molecule has 2 radical (unpaired) electrons. The molecule has 1 aliphatic heterocycles. The smallest absolute Gasteiger partial charge is 0.254 e. The summed E-state index contributed by atoms with van der Waals surface area (Å²) < 4.78 is 12.9. The number of fused-ring (bicyclic) bond motifs is 2. The molecule has 0 bridgehead atoms. The summed E-state index contributed by atoms with van der Waals surface area (Å²) >= 11 is 0. The molecule has 9 heteroatoms. The lowest BCUT2D eigenvalue weighted by molar-refractivity contribution is -0.120. The number of nitrogens with zero attached hydrogens (tertiary/aromatic N) is 3. The Morgan fingerprint density at radius 1 is 1.37 bits per heavy atom. The van der Waals surface area contributed by atoms with E-state index >= 15 is 0 Å². The van der Waals surface area contributed by atoms with Gasteiger partial charge >= 0.3 is 0 Å². The van der Waals surface area contributed by atoms with Crippen molar-refractivity contribution >= 4 is 36.9 Å². The Balaban J connectivity index is 0.00000111. The number of pyridine rings is 1. The summed E-state index contributed by atoms with van der Waals surface area (Å²) in [5.74, 6) is -1.19. The van der Waals surface area contributed by atoms with Gasteiger partial charge in [-0.05, 0) is 36.6 Å². The number of aliphatic imine (C=N–C) groups is 1. The second-order valence-corrected chi connectivity index (χ2v) is 7.13. The normalized spacial score (nSPS) is 16.4. The van der Waals surface area contributed by atoms with Gasteiger partial charge in [-0.25, -0.2) is 9.37 Å². The lowest BCUT2D eigenvalue weighted by atomic mass is 9.82. The molecule has 1 aromatic carbocycles. The highest BCUT2D eigenvalue weighted by Crippen LogP contribution is 2.51. The molecule has 0 unspecified atom stereocenters. The molecule has 1 fully saturated rings. The Labute approximate surface area is 177 Å². The van der Waals surface area contributed by atoms with Crippen molar-refractivity contribution in [1.82, 2.24) is 15.2 Å². The van der Waals surface area contributed by atoms with Crippen LogP contribution in [0.2, 0.25) is 0 Å². The van der Waals surface area contributed by atoms with Crippen LogP contribution in [-0.4, -0.2) is 48.6 Å². The number of guanidine groups is 1. The van der Waals surface area contributed by atoms with Crippen molar-refractivity contribution < 1.29 is 15.4 Å². The molecule has 2 aromatic rings. The van der Waals surface area contributed by atoms with Gasteiger partial charge in [0.25, 0.3) is 5.91 Å². The van der Waals surface area contributed by atoms with Gasteiger partial charge < -0.3 is 10.6 Å². The predicted octanol–water partition coefficient (Wildman–Crippen LogP) is 1.54. The third kappa shape index (κ3) is 4.50. The average Bonchev–Trinajstić information content (AvgIpc) is 3.49. The molecular formula is C21H25BFN5O2. The van der Waals surface area contributed by atoms with Crippen molar-refractivity contribution in [3.8, 4) is 0 Å². The van der Waals surface area contributed by atoms with Crippen LogP contribution in [0.4, 0.5) is 10.2 Å². The van der Waals surface area contributed by atoms with E-state index in [1.807, 2.05) is 19.9 Å². The number of benzene rings is 1. The first-order chi connectivity index (χ1) is 14.4. The molecular weight excluding hydrogens is 384 g/mol. The molecule has 1 aliphatic carbocycles. The number of amides is 2. The maximum absolute atomic E-state index is 12.9. The zero-order valence-corrected chi connectivity index (χ0v) is 17.0. The molecule has 0 atom stereocenters. The zero-order valence-electron chi connectivity index (χ0n) is 17.0. The lowest BCUT2D eigenvalue weighted by Crippen LogP contribution is -2.50. The summed E-state index contributed by atoms with van der Waals surface area (Å²) in [5.41, 5.74) is 7.78. The largest absolute Gasteiger partial charge is 0.369 e. The van der Waals surface area contributed by atoms with Gasteiger partial charge in [0.1, 0.15) is 20.2 Å². The van der Waals surface area contributed by atoms with E-state index in [1.165, 1.54) is 17.0 Å². The Morgan fingerprint density at radius 3 is 2.73 bits per heavy atom. The quantitative estimate of drug-likeness (QED) is 0.456. The Hall–Kier alpha value is -3.23. The fourth-order valence-electron chi connectivity index (χ4n) is 3.53. The number of aromatic nitrogens is 1. The second kappa shape index (κ2) is 8.65. The van der Waals surface area contributed by atoms with Crippen LogP contribution >= 0.6 is 0 Å². The van der Waals surface area contributed by atoms with Gasteiger partial charge in [-0.3, -0.25) is 14.9 Å². The third-order valence-electron chi connectivity index (χ3n) is 5.03. The first-order valence-corrected chi connectivity index (χ1v) is 9.81. The van der Waals surface area contributed by atoms with Gasteiger partial charge in [-0.1, -0.05) is 31.4 Å². The molecule has 2 aliphatic rings. The highest BCUT2D eigenvalue weighted by Gasteiger charge is 2.51. The molecule has 1 spiro atoms. The fourth-order valence-corrected chi connectivity index (χ4v) is 3.53. The molecule has 4 rings (SSSR count). The maximum Gasteiger partial charge on any atom is 0.254 e. The highest BCUT2D eigenvalue weighted by atomic mass is 19.1. The minimum Gasteiger partial charge on any atom is -0.369 e. The first kappa shape index (κ1) is 21.5. The summed E-state index contributed by atoms with van der Waals surface area (Å²) in [4.78, 5) is 34.3. The number of halogens is 1. The Morgan fingerprint density at radius 2 is 2.10 bits per heavy atom. The highest BCUT2D eigenvalue weighted by molar-refractivity contribution is 6.32. The van der Waals surface area contributed by atoms with Gasteiger partial charge in [-0.15, -0.1) is 0 Å². The number of hydrogen-bond donors (Lipinski definition) is 2. The van der Waals surface area contributed by atoms with Crippen molar-refractivity contribution in [3.63, 3.8) is 0 Å². The van der Waals surface area contributed by atoms with Crippen molar-refractivity contribution in [2.45, 2.75) is 32.1 Å². The van der Waals surface area contributed by atoms with E-state index in [9.17, 15) is 14.0 Å². The van der Waals surface area contributed by atoms with Crippen LogP contribution in [0.5, 0.6) is 0 Å². The van der Waals surface area contributed by atoms with Crippen LogP contribution in [0.15, 0.2) is 41.5 Å². The van der Waals surface area contributed by atoms with E-state index < -0.39 is 11.7 Å². The summed E-state index contributed by atoms with van der Waals surface area (Å²) in [5, 5.41) is 2.43. The van der Waals surface area contributed by atoms with Crippen LogP contribution in [0, 0.1) is 5.82 Å². The van der Waals surface area contributed by atoms with E-state index in [4.69, 9.17) is 13.6 Å². The standard InChI is InChI=1S/C19H17BFN5O2.C2H6.H2/c20-11-1-3-13-14(7-11)19(5-6-19)10-26(17(13)28)9-16(27)25-18(22)24-15-4-2-12(21)8-23-15;1-2;/h1-4,7-8H,5-6,9-10H2,(H3,22,23,24,25,27);1-2H3;1H. The monoisotopic (exact) mass is 409 g/mol. The summed E-state index contributed by atoms with van der Waals surface area (Å²) in [6, 6.07) is 7.79. The number of rotatable bonds is 3. The van der Waals surface area contributed by atoms with Crippen LogP contribution < -0.4 is 16.5 Å². The molecule has 7 nitrogen and oxygen atoms in total.